The van der Waals surface area contributed by atoms with Crippen molar-refractivity contribution < 1.29 is 9.52 Å². The van der Waals surface area contributed by atoms with E-state index in [9.17, 15) is 5.11 Å². The molecule has 4 rings (SSSR count). The molecule has 1 saturated heterocycles. The molecule has 3 aromatic heterocycles. The summed E-state index contributed by atoms with van der Waals surface area (Å²) < 4.78 is 7.71. The summed E-state index contributed by atoms with van der Waals surface area (Å²) in [5, 5.41) is 15.2. The number of rotatable bonds is 5. The number of aromatic nitrogens is 4. The van der Waals surface area contributed by atoms with Gasteiger partial charge in [0.15, 0.2) is 0 Å². The first kappa shape index (κ1) is 18.9. The number of hydrogen-bond acceptors (Lipinski definition) is 7. The van der Waals surface area contributed by atoms with Crippen LogP contribution in [0.15, 0.2) is 16.8 Å². The average Bonchev–Trinajstić information content (AvgIpc) is 3.33. The number of furan rings is 1. The van der Waals surface area contributed by atoms with E-state index in [0.29, 0.717) is 29.9 Å². The Morgan fingerprint density at radius 2 is 2.07 bits per heavy atom. The summed E-state index contributed by atoms with van der Waals surface area (Å²) in [6.07, 6.45) is 4.02. The van der Waals surface area contributed by atoms with Crippen molar-refractivity contribution in [2.24, 2.45) is 5.92 Å². The van der Waals surface area contributed by atoms with Crippen LogP contribution in [0.25, 0.3) is 11.1 Å². The zero-order valence-corrected chi connectivity index (χ0v) is 16.9. The SMILES string of the molecule is Cc1oc2nc(CN3C[C@@H](CO)[C@H](c4cnn(C(C)C)c4)C3)nc(N)c2c1C. The minimum Gasteiger partial charge on any atom is -0.443 e. The lowest BCUT2D eigenvalue weighted by Gasteiger charge is -2.14. The van der Waals surface area contributed by atoms with Crippen molar-refractivity contribution in [1.29, 1.82) is 0 Å². The number of aliphatic hydroxyl groups is 1. The summed E-state index contributed by atoms with van der Waals surface area (Å²) in [5.41, 5.74) is 8.87. The molecule has 4 heterocycles. The number of nitrogens with zero attached hydrogens (tertiary/aromatic N) is 5. The fourth-order valence-corrected chi connectivity index (χ4v) is 4.08. The van der Waals surface area contributed by atoms with E-state index in [1.165, 1.54) is 5.56 Å². The summed E-state index contributed by atoms with van der Waals surface area (Å²) in [5.74, 6) is 2.33. The number of likely N-dealkylation sites (tertiary alicyclic amines) is 1. The fourth-order valence-electron chi connectivity index (χ4n) is 4.08. The van der Waals surface area contributed by atoms with Gasteiger partial charge >= 0.3 is 0 Å². The van der Waals surface area contributed by atoms with E-state index < -0.39 is 0 Å². The van der Waals surface area contributed by atoms with Crippen LogP contribution in [0, 0.1) is 19.8 Å². The first-order chi connectivity index (χ1) is 13.4. The molecule has 0 radical (unpaired) electrons. The van der Waals surface area contributed by atoms with Gasteiger partial charge < -0.3 is 15.3 Å². The minimum absolute atomic E-state index is 0.145. The highest BCUT2D eigenvalue weighted by atomic mass is 16.3. The van der Waals surface area contributed by atoms with E-state index in [2.05, 4.69) is 40.0 Å². The maximum Gasteiger partial charge on any atom is 0.231 e. The average molecular weight is 384 g/mol. The first-order valence-corrected chi connectivity index (χ1v) is 9.76. The van der Waals surface area contributed by atoms with Crippen molar-refractivity contribution in [3.63, 3.8) is 0 Å². The summed E-state index contributed by atoms with van der Waals surface area (Å²) in [6, 6.07) is 0.321. The van der Waals surface area contributed by atoms with Crippen molar-refractivity contribution in [2.45, 2.75) is 46.2 Å². The number of anilines is 1. The van der Waals surface area contributed by atoms with E-state index in [-0.39, 0.29) is 18.4 Å². The lowest BCUT2D eigenvalue weighted by molar-refractivity contribution is 0.213. The van der Waals surface area contributed by atoms with Crippen LogP contribution in [0.3, 0.4) is 0 Å². The Hall–Kier alpha value is -2.45. The lowest BCUT2D eigenvalue weighted by Crippen LogP contribution is -2.22. The monoisotopic (exact) mass is 384 g/mol. The van der Waals surface area contributed by atoms with Gasteiger partial charge in [0.1, 0.15) is 17.4 Å². The zero-order chi connectivity index (χ0) is 20.0. The molecule has 0 saturated carbocycles. The normalized spacial score (nSPS) is 20.6. The van der Waals surface area contributed by atoms with Crippen LogP contribution in [0.4, 0.5) is 5.82 Å². The Bertz CT molecular complexity index is 992. The number of nitrogens with two attached hydrogens (primary N) is 1. The second kappa shape index (κ2) is 7.18. The van der Waals surface area contributed by atoms with E-state index in [0.717, 1.165) is 29.8 Å². The van der Waals surface area contributed by atoms with Crippen LogP contribution in [-0.2, 0) is 6.54 Å². The maximum atomic E-state index is 9.90. The van der Waals surface area contributed by atoms with E-state index >= 15 is 0 Å². The second-order valence-corrected chi connectivity index (χ2v) is 8.08. The third-order valence-electron chi connectivity index (χ3n) is 5.80. The van der Waals surface area contributed by atoms with Crippen LogP contribution in [0.5, 0.6) is 0 Å². The molecule has 1 aliphatic rings. The fraction of sp³-hybridized carbons (Fsp3) is 0.550. The maximum absolute atomic E-state index is 9.90. The van der Waals surface area contributed by atoms with Crippen LogP contribution in [-0.4, -0.2) is 49.5 Å². The molecule has 0 aliphatic carbocycles. The molecule has 1 fully saturated rings. The van der Waals surface area contributed by atoms with E-state index in [4.69, 9.17) is 10.2 Å². The van der Waals surface area contributed by atoms with Gasteiger partial charge in [-0.2, -0.15) is 10.1 Å². The molecule has 0 amide bonds. The largest absolute Gasteiger partial charge is 0.443 e. The Kier molecular flexibility index (Phi) is 4.84. The number of aryl methyl sites for hydroxylation is 2. The number of aliphatic hydroxyl groups excluding tert-OH is 1. The van der Waals surface area contributed by atoms with Crippen molar-refractivity contribution in [1.82, 2.24) is 24.6 Å². The molecule has 150 valence electrons. The molecule has 8 heteroatoms. The quantitative estimate of drug-likeness (QED) is 0.696. The second-order valence-electron chi connectivity index (χ2n) is 8.08. The Balaban J connectivity index is 1.55. The first-order valence-electron chi connectivity index (χ1n) is 9.76. The van der Waals surface area contributed by atoms with Crippen molar-refractivity contribution in [3.05, 3.63) is 35.1 Å². The third kappa shape index (κ3) is 3.27. The number of hydrogen-bond donors (Lipinski definition) is 2. The van der Waals surface area contributed by atoms with Gasteiger partial charge in [-0.3, -0.25) is 9.58 Å². The summed E-state index contributed by atoms with van der Waals surface area (Å²) >= 11 is 0. The molecule has 28 heavy (non-hydrogen) atoms. The minimum atomic E-state index is 0.145. The molecule has 2 atom stereocenters. The molecule has 3 N–H and O–H groups in total. The molecule has 0 aromatic carbocycles. The summed E-state index contributed by atoms with van der Waals surface area (Å²) in [7, 11) is 0. The van der Waals surface area contributed by atoms with E-state index in [1.54, 1.807) is 0 Å². The van der Waals surface area contributed by atoms with Gasteiger partial charge in [-0.1, -0.05) is 0 Å². The molecule has 3 aromatic rings. The highest BCUT2D eigenvalue weighted by Crippen LogP contribution is 2.34. The summed E-state index contributed by atoms with van der Waals surface area (Å²) in [6.45, 7) is 10.4. The number of fused-ring (bicyclic) bond motifs is 1. The van der Waals surface area contributed by atoms with Crippen LogP contribution in [0.1, 0.15) is 48.5 Å². The molecule has 1 aliphatic heterocycles. The smallest absolute Gasteiger partial charge is 0.231 e. The van der Waals surface area contributed by atoms with Gasteiger partial charge in [0.25, 0.3) is 0 Å². The molecular weight excluding hydrogens is 356 g/mol. The standard InChI is InChI=1S/C20H28N6O2/c1-11(2)26-7-14(5-22-26)16-8-25(6-15(16)10-27)9-17-23-19(21)18-12(3)13(4)28-20(18)24-17/h5,7,11,15-16,27H,6,8-10H2,1-4H3,(H2,21,23,24)/t15-,16-/m0/s1. The Morgan fingerprint density at radius 3 is 2.75 bits per heavy atom. The topological polar surface area (TPSA) is 106 Å². The van der Waals surface area contributed by atoms with Gasteiger partial charge in [0.05, 0.1) is 18.1 Å². The van der Waals surface area contributed by atoms with Crippen molar-refractivity contribution in [2.75, 3.05) is 25.4 Å². The van der Waals surface area contributed by atoms with Gasteiger partial charge in [0.2, 0.25) is 5.71 Å². The molecule has 0 bridgehead atoms. The Labute approximate surface area is 164 Å². The molecule has 8 nitrogen and oxygen atoms in total. The molecule has 0 spiro atoms. The highest BCUT2D eigenvalue weighted by molar-refractivity contribution is 5.88. The highest BCUT2D eigenvalue weighted by Gasteiger charge is 2.34. The van der Waals surface area contributed by atoms with Crippen LogP contribution < -0.4 is 5.73 Å². The van der Waals surface area contributed by atoms with Crippen LogP contribution in [0.2, 0.25) is 0 Å². The van der Waals surface area contributed by atoms with E-state index in [1.807, 2.05) is 24.7 Å². The zero-order valence-electron chi connectivity index (χ0n) is 16.9. The Morgan fingerprint density at radius 1 is 1.29 bits per heavy atom. The molecular formula is C20H28N6O2. The van der Waals surface area contributed by atoms with Crippen molar-refractivity contribution >= 4 is 16.9 Å². The molecule has 0 unspecified atom stereocenters. The third-order valence-corrected chi connectivity index (χ3v) is 5.80. The summed E-state index contributed by atoms with van der Waals surface area (Å²) in [4.78, 5) is 11.3. The lowest BCUT2D eigenvalue weighted by atomic mass is 9.92. The van der Waals surface area contributed by atoms with Gasteiger partial charge in [0, 0.05) is 49.3 Å². The predicted octanol–water partition coefficient (Wildman–Crippen LogP) is 2.41. The predicted molar refractivity (Wildman–Crippen MR) is 107 cm³/mol. The van der Waals surface area contributed by atoms with Gasteiger partial charge in [-0.05, 0) is 33.3 Å². The number of nitrogen functional groups attached to an aromatic ring is 1. The van der Waals surface area contributed by atoms with Crippen molar-refractivity contribution in [3.8, 4) is 0 Å². The van der Waals surface area contributed by atoms with Crippen LogP contribution >= 0.6 is 0 Å². The van der Waals surface area contributed by atoms with Gasteiger partial charge in [-0.25, -0.2) is 4.98 Å². The van der Waals surface area contributed by atoms with Gasteiger partial charge in [-0.15, -0.1) is 0 Å².